The molecule has 3 atom stereocenters. The number of carbonyl (C=O) groups excluding carboxylic acids is 2. The molecule has 2 aromatic rings. The number of nitrogens with zero attached hydrogens (tertiary/aromatic N) is 3. The van der Waals surface area contributed by atoms with Gasteiger partial charge in [-0.05, 0) is 62.0 Å². The van der Waals surface area contributed by atoms with Gasteiger partial charge < -0.3 is 10.6 Å². The van der Waals surface area contributed by atoms with Gasteiger partial charge in [-0.3, -0.25) is 9.59 Å². The summed E-state index contributed by atoms with van der Waals surface area (Å²) in [5.41, 5.74) is -0.152. The molecule has 4 aliphatic rings. The van der Waals surface area contributed by atoms with Gasteiger partial charge in [-0.1, -0.05) is 6.42 Å². The van der Waals surface area contributed by atoms with E-state index in [1.54, 1.807) is 6.07 Å². The van der Waals surface area contributed by atoms with Crippen molar-refractivity contribution >= 4 is 17.5 Å². The highest BCUT2D eigenvalue weighted by atomic mass is 19.4. The smallest absolute Gasteiger partial charge is 0.349 e. The lowest BCUT2D eigenvalue weighted by Gasteiger charge is -2.33. The Balaban J connectivity index is 1.24. The molecular formula is C28H32F7N5O2. The van der Waals surface area contributed by atoms with Crippen LogP contribution in [0, 0.1) is 23.2 Å². The van der Waals surface area contributed by atoms with E-state index in [9.17, 15) is 40.3 Å². The fraction of sp³-hybridized carbons (Fsp3) is 0.714. The molecule has 14 heteroatoms. The Kier molecular flexibility index (Phi) is 6.99. The van der Waals surface area contributed by atoms with Gasteiger partial charge in [0.15, 0.2) is 5.65 Å². The molecule has 6 rings (SSSR count). The molecule has 0 saturated heterocycles. The van der Waals surface area contributed by atoms with Crippen LogP contribution in [-0.2, 0) is 9.59 Å². The molecule has 2 heterocycles. The Morgan fingerprint density at radius 2 is 1.64 bits per heavy atom. The van der Waals surface area contributed by atoms with Crippen molar-refractivity contribution in [3.63, 3.8) is 0 Å². The van der Waals surface area contributed by atoms with Crippen LogP contribution in [-0.4, -0.2) is 44.4 Å². The third-order valence-corrected chi connectivity index (χ3v) is 9.62. The van der Waals surface area contributed by atoms with Crippen LogP contribution in [0.5, 0.6) is 0 Å². The summed E-state index contributed by atoms with van der Waals surface area (Å²) in [6, 6.07) is 0.194. The van der Waals surface area contributed by atoms with Crippen molar-refractivity contribution < 1.29 is 40.3 Å². The summed E-state index contributed by atoms with van der Waals surface area (Å²) in [6.07, 6.45) is -1.27. The zero-order valence-electron chi connectivity index (χ0n) is 22.7. The highest BCUT2D eigenvalue weighted by Gasteiger charge is 2.84. The first-order valence-corrected chi connectivity index (χ1v) is 14.5. The van der Waals surface area contributed by atoms with E-state index in [-0.39, 0.29) is 44.4 Å². The molecule has 230 valence electrons. The van der Waals surface area contributed by atoms with Gasteiger partial charge in [0.05, 0.1) is 42.0 Å². The van der Waals surface area contributed by atoms with Crippen LogP contribution in [0.25, 0.3) is 5.65 Å². The molecule has 1 spiro atoms. The van der Waals surface area contributed by atoms with Crippen LogP contribution in [0.2, 0.25) is 0 Å². The van der Waals surface area contributed by atoms with Crippen molar-refractivity contribution in [3.05, 3.63) is 29.7 Å². The molecule has 0 aromatic carbocycles. The first-order valence-electron chi connectivity index (χ1n) is 14.5. The maximum absolute atomic E-state index is 14.6. The summed E-state index contributed by atoms with van der Waals surface area (Å²) in [7, 11) is 0. The van der Waals surface area contributed by atoms with Crippen molar-refractivity contribution in [1.29, 1.82) is 0 Å². The van der Waals surface area contributed by atoms with Gasteiger partial charge in [0.25, 0.3) is 5.92 Å². The second-order valence-electron chi connectivity index (χ2n) is 12.5. The minimum absolute atomic E-state index is 0.0356. The Hall–Kier alpha value is -2.93. The van der Waals surface area contributed by atoms with E-state index in [0.717, 1.165) is 12.8 Å². The second kappa shape index (κ2) is 10.1. The average Bonchev–Trinajstić information content (AvgIpc) is 3.76. The van der Waals surface area contributed by atoms with E-state index in [1.807, 2.05) is 0 Å². The van der Waals surface area contributed by atoms with E-state index in [4.69, 9.17) is 0 Å². The average molecular weight is 604 g/mol. The third kappa shape index (κ3) is 5.45. The lowest BCUT2D eigenvalue weighted by molar-refractivity contribution is -0.144. The van der Waals surface area contributed by atoms with Crippen LogP contribution < -0.4 is 10.6 Å². The van der Waals surface area contributed by atoms with Crippen molar-refractivity contribution in [1.82, 2.24) is 25.2 Å². The number of nitrogens with one attached hydrogen (secondary N) is 2. The summed E-state index contributed by atoms with van der Waals surface area (Å²) in [6.45, 7) is 0. The first kappa shape index (κ1) is 29.2. The molecular weight excluding hydrogens is 571 g/mol. The van der Waals surface area contributed by atoms with Crippen molar-refractivity contribution in [2.45, 2.75) is 101 Å². The topological polar surface area (TPSA) is 88.4 Å². The predicted octanol–water partition coefficient (Wildman–Crippen LogP) is 6.06. The third-order valence-electron chi connectivity index (χ3n) is 9.62. The Morgan fingerprint density at radius 1 is 0.976 bits per heavy atom. The van der Waals surface area contributed by atoms with E-state index in [1.165, 1.54) is 16.9 Å². The number of imidazole rings is 1. The largest absolute Gasteiger partial charge is 0.389 e. The van der Waals surface area contributed by atoms with Gasteiger partial charge in [-0.2, -0.15) is 18.3 Å². The summed E-state index contributed by atoms with van der Waals surface area (Å²) in [5.74, 6) is -9.33. The van der Waals surface area contributed by atoms with Crippen LogP contribution in [0.1, 0.15) is 94.0 Å². The second-order valence-corrected chi connectivity index (χ2v) is 12.5. The Morgan fingerprint density at radius 3 is 2.21 bits per heavy atom. The van der Waals surface area contributed by atoms with E-state index < -0.39 is 72.0 Å². The van der Waals surface area contributed by atoms with Gasteiger partial charge in [-0.25, -0.2) is 27.1 Å². The zero-order chi connectivity index (χ0) is 30.1. The quantitative estimate of drug-likeness (QED) is 0.342. The molecule has 4 fully saturated rings. The highest BCUT2D eigenvalue weighted by molar-refractivity contribution is 5.85. The predicted molar refractivity (Wildman–Crippen MR) is 134 cm³/mol. The van der Waals surface area contributed by atoms with Crippen LogP contribution in [0.15, 0.2) is 18.5 Å². The lowest BCUT2D eigenvalue weighted by atomic mass is 9.78. The molecule has 0 bridgehead atoms. The van der Waals surface area contributed by atoms with Gasteiger partial charge in [0.2, 0.25) is 17.7 Å². The number of amides is 2. The molecule has 2 N–H and O–H groups in total. The van der Waals surface area contributed by atoms with E-state index in [0.29, 0.717) is 23.3 Å². The molecule has 0 radical (unpaired) electrons. The number of halogens is 7. The van der Waals surface area contributed by atoms with E-state index >= 15 is 0 Å². The molecule has 42 heavy (non-hydrogen) atoms. The molecule has 0 unspecified atom stereocenters. The zero-order valence-corrected chi connectivity index (χ0v) is 22.7. The molecule has 2 aromatic heterocycles. The van der Waals surface area contributed by atoms with Crippen LogP contribution in [0.3, 0.4) is 0 Å². The fourth-order valence-corrected chi connectivity index (χ4v) is 6.80. The van der Waals surface area contributed by atoms with Crippen LogP contribution in [0.4, 0.5) is 30.7 Å². The maximum atomic E-state index is 14.6. The summed E-state index contributed by atoms with van der Waals surface area (Å²) >= 11 is 0. The summed E-state index contributed by atoms with van der Waals surface area (Å²) in [4.78, 5) is 30.0. The van der Waals surface area contributed by atoms with Gasteiger partial charge in [0, 0.05) is 19.3 Å². The van der Waals surface area contributed by atoms with Gasteiger partial charge >= 0.3 is 6.18 Å². The Labute approximate surface area is 237 Å². The Bertz CT molecular complexity index is 1360. The number of aromatic nitrogens is 3. The minimum Gasteiger partial charge on any atom is -0.349 e. The summed E-state index contributed by atoms with van der Waals surface area (Å²) < 4.78 is 96.3. The maximum Gasteiger partial charge on any atom is 0.389 e. The number of alkyl halides is 7. The number of rotatable bonds is 9. The van der Waals surface area contributed by atoms with Crippen LogP contribution >= 0.6 is 0 Å². The monoisotopic (exact) mass is 603 g/mol. The highest BCUT2D eigenvalue weighted by Crippen LogP contribution is 2.75. The standard InChI is InChI=1S/C28H32F7N5O2/c29-26(30)9-4-16(5-10-26)22(39-24(42)23-25(7-1-8-25)28(23,34)35)18-14-40-19(37-18)12-17(13-36-40)21(15-2-3-15)38-20(41)6-11-27(31,32)33/h12-16,21-23H,1-11H2,(H,38,41)(H,39,42)/t21-,22+,23+/m1/s1. The first-order chi connectivity index (χ1) is 19.7. The van der Waals surface area contributed by atoms with Crippen molar-refractivity contribution in [2.75, 3.05) is 0 Å². The van der Waals surface area contributed by atoms with Gasteiger partial charge in [-0.15, -0.1) is 0 Å². The number of carbonyl (C=O) groups is 2. The molecule has 4 saturated carbocycles. The number of hydrogen-bond donors (Lipinski definition) is 2. The van der Waals surface area contributed by atoms with Gasteiger partial charge in [0.1, 0.15) is 5.92 Å². The summed E-state index contributed by atoms with van der Waals surface area (Å²) in [5, 5.41) is 9.75. The molecule has 2 amide bonds. The normalized spacial score (nSPS) is 25.9. The molecule has 4 aliphatic carbocycles. The fourth-order valence-electron chi connectivity index (χ4n) is 6.80. The molecule has 0 aliphatic heterocycles. The van der Waals surface area contributed by atoms with Crippen molar-refractivity contribution in [2.24, 2.45) is 23.2 Å². The molecule has 7 nitrogen and oxygen atoms in total. The van der Waals surface area contributed by atoms with Crippen molar-refractivity contribution in [3.8, 4) is 0 Å². The number of fused-ring (bicyclic) bond motifs is 1. The number of hydrogen-bond acceptors (Lipinski definition) is 4. The SMILES string of the molecule is O=C(CCC(F)(F)F)N[C@@H](c1cnn2cc([C@@H](NC(=O)[C@@H]3C(F)(F)C34CCC4)C3CCC(F)(F)CC3)nc2c1)C1CC1. The minimum atomic E-state index is -4.45. The van der Waals surface area contributed by atoms with E-state index in [2.05, 4.69) is 20.7 Å². The lowest BCUT2D eigenvalue weighted by Crippen LogP contribution is -2.39.